The van der Waals surface area contributed by atoms with Gasteiger partial charge < -0.3 is 9.84 Å². The Bertz CT molecular complexity index is 1080. The Morgan fingerprint density at radius 2 is 2.04 bits per heavy atom. The lowest BCUT2D eigenvalue weighted by atomic mass is 10.1. The Kier molecular flexibility index (Phi) is 3.99. The van der Waals surface area contributed by atoms with Crippen LogP contribution in [0.5, 0.6) is 11.6 Å². The maximum atomic E-state index is 10.7. The standard InChI is InChI=1S/C19H14N2O2S2/c1-23-14-6-4-5-13(10-14)21-18(22)17(25-19(21)24)9-12-11-20-16-8-3-2-7-15(12)16/h2-11,22H,1H3/b12-9+. The van der Waals surface area contributed by atoms with Crippen molar-refractivity contribution in [2.75, 3.05) is 7.11 Å². The number of hydrogen-bond acceptors (Lipinski definition) is 5. The van der Waals surface area contributed by atoms with Crippen LogP contribution in [0.3, 0.4) is 0 Å². The SMILES string of the molecule is COc1cccc(-n2c(O)c(/C=C3\C=Nc4ccccc43)sc2=S)c1. The van der Waals surface area contributed by atoms with E-state index in [2.05, 4.69) is 4.99 Å². The molecular weight excluding hydrogens is 352 g/mol. The molecule has 0 saturated carbocycles. The fourth-order valence-corrected chi connectivity index (χ4v) is 4.05. The topological polar surface area (TPSA) is 46.8 Å². The second-order valence-electron chi connectivity index (χ2n) is 5.47. The third-order valence-corrected chi connectivity index (χ3v) is 5.28. The molecule has 124 valence electrons. The molecule has 1 aromatic heterocycles. The highest BCUT2D eigenvalue weighted by Gasteiger charge is 2.16. The molecule has 0 atom stereocenters. The van der Waals surface area contributed by atoms with Crippen LogP contribution in [0, 0.1) is 3.95 Å². The number of ether oxygens (including phenoxy) is 1. The van der Waals surface area contributed by atoms with E-state index < -0.39 is 0 Å². The molecule has 1 N–H and O–H groups in total. The van der Waals surface area contributed by atoms with E-state index in [1.165, 1.54) is 11.3 Å². The van der Waals surface area contributed by atoms with E-state index in [4.69, 9.17) is 17.0 Å². The third-order valence-electron chi connectivity index (χ3n) is 3.97. The number of aliphatic imine (C=N–C) groups is 1. The third kappa shape index (κ3) is 2.79. The molecule has 25 heavy (non-hydrogen) atoms. The summed E-state index contributed by atoms with van der Waals surface area (Å²) in [6.45, 7) is 0. The molecule has 6 heteroatoms. The molecule has 0 bridgehead atoms. The fraction of sp³-hybridized carbons (Fsp3) is 0.0526. The number of methoxy groups -OCH3 is 1. The highest BCUT2D eigenvalue weighted by atomic mass is 32.1. The number of allylic oxidation sites excluding steroid dienone is 1. The van der Waals surface area contributed by atoms with Crippen LogP contribution >= 0.6 is 23.6 Å². The van der Waals surface area contributed by atoms with Gasteiger partial charge >= 0.3 is 0 Å². The minimum atomic E-state index is 0.119. The largest absolute Gasteiger partial charge is 0.497 e. The van der Waals surface area contributed by atoms with Crippen LogP contribution in [0.1, 0.15) is 10.4 Å². The zero-order valence-corrected chi connectivity index (χ0v) is 15.0. The van der Waals surface area contributed by atoms with E-state index in [1.807, 2.05) is 60.8 Å². The molecule has 4 nitrogen and oxygen atoms in total. The fourth-order valence-electron chi connectivity index (χ4n) is 2.75. The van der Waals surface area contributed by atoms with Gasteiger partial charge in [0.25, 0.3) is 0 Å². The van der Waals surface area contributed by atoms with Gasteiger partial charge in [-0.2, -0.15) is 0 Å². The molecule has 0 amide bonds. The first kappa shape index (κ1) is 15.8. The number of benzene rings is 2. The Hall–Kier alpha value is -2.70. The number of rotatable bonds is 3. The number of para-hydroxylation sites is 1. The molecule has 0 unspecified atom stereocenters. The van der Waals surface area contributed by atoms with Crippen molar-refractivity contribution >= 4 is 47.1 Å². The average Bonchev–Trinajstić information content (AvgIpc) is 3.16. The first-order valence-electron chi connectivity index (χ1n) is 7.62. The molecular formula is C19H14N2O2S2. The summed E-state index contributed by atoms with van der Waals surface area (Å²) in [6, 6.07) is 15.4. The number of nitrogens with zero attached hydrogens (tertiary/aromatic N) is 2. The molecule has 0 fully saturated rings. The maximum Gasteiger partial charge on any atom is 0.215 e. The Balaban J connectivity index is 1.80. The van der Waals surface area contributed by atoms with Crippen LogP contribution in [-0.4, -0.2) is 23.0 Å². The number of aromatic nitrogens is 1. The van der Waals surface area contributed by atoms with E-state index in [-0.39, 0.29) is 5.88 Å². The van der Waals surface area contributed by atoms with Crippen LogP contribution < -0.4 is 4.74 Å². The van der Waals surface area contributed by atoms with Crippen molar-refractivity contribution in [3.05, 3.63) is 62.9 Å². The van der Waals surface area contributed by atoms with Gasteiger partial charge in [-0.05, 0) is 36.5 Å². The average molecular weight is 366 g/mol. The van der Waals surface area contributed by atoms with Crippen LogP contribution in [-0.2, 0) is 0 Å². The summed E-state index contributed by atoms with van der Waals surface area (Å²) >= 11 is 6.82. The van der Waals surface area contributed by atoms with Gasteiger partial charge in [0.05, 0.1) is 23.4 Å². The second-order valence-corrected chi connectivity index (χ2v) is 7.14. The molecule has 0 saturated heterocycles. The van der Waals surface area contributed by atoms with Gasteiger partial charge in [0, 0.05) is 23.4 Å². The first-order valence-corrected chi connectivity index (χ1v) is 8.84. The van der Waals surface area contributed by atoms with Gasteiger partial charge in [-0.1, -0.05) is 24.3 Å². The van der Waals surface area contributed by atoms with E-state index >= 15 is 0 Å². The van der Waals surface area contributed by atoms with Gasteiger partial charge in [-0.3, -0.25) is 9.56 Å². The van der Waals surface area contributed by atoms with E-state index in [0.29, 0.717) is 14.6 Å². The summed E-state index contributed by atoms with van der Waals surface area (Å²) in [4.78, 5) is 5.10. The quantitative estimate of drug-likeness (QED) is 0.645. The Morgan fingerprint density at radius 1 is 1.20 bits per heavy atom. The van der Waals surface area contributed by atoms with Crippen molar-refractivity contribution in [2.24, 2.45) is 4.99 Å². The maximum absolute atomic E-state index is 10.7. The lowest BCUT2D eigenvalue weighted by Crippen LogP contribution is -1.94. The molecule has 0 radical (unpaired) electrons. The van der Waals surface area contributed by atoms with Crippen molar-refractivity contribution in [3.63, 3.8) is 0 Å². The number of thiazole rings is 1. The lowest BCUT2D eigenvalue weighted by molar-refractivity contribution is 0.413. The smallest absolute Gasteiger partial charge is 0.215 e. The van der Waals surface area contributed by atoms with Crippen molar-refractivity contribution < 1.29 is 9.84 Å². The predicted molar refractivity (Wildman–Crippen MR) is 105 cm³/mol. The highest BCUT2D eigenvalue weighted by Crippen LogP contribution is 2.37. The summed E-state index contributed by atoms with van der Waals surface area (Å²) in [7, 11) is 1.61. The summed E-state index contributed by atoms with van der Waals surface area (Å²) in [5, 5.41) is 10.7. The van der Waals surface area contributed by atoms with Crippen LogP contribution in [0.15, 0.2) is 53.5 Å². The van der Waals surface area contributed by atoms with Crippen LogP contribution in [0.2, 0.25) is 0 Å². The summed E-state index contributed by atoms with van der Waals surface area (Å²) in [5.74, 6) is 0.829. The molecule has 2 aromatic carbocycles. The van der Waals surface area contributed by atoms with Crippen molar-refractivity contribution in [1.82, 2.24) is 4.57 Å². The Morgan fingerprint density at radius 3 is 2.88 bits per heavy atom. The molecule has 1 aliphatic heterocycles. The minimum Gasteiger partial charge on any atom is -0.497 e. The zero-order valence-electron chi connectivity index (χ0n) is 13.3. The molecule has 2 heterocycles. The summed E-state index contributed by atoms with van der Waals surface area (Å²) in [5.41, 5.74) is 3.71. The van der Waals surface area contributed by atoms with Crippen LogP contribution in [0.25, 0.3) is 17.3 Å². The van der Waals surface area contributed by atoms with Crippen molar-refractivity contribution in [3.8, 4) is 17.3 Å². The van der Waals surface area contributed by atoms with Gasteiger partial charge in [0.15, 0.2) is 3.95 Å². The summed E-state index contributed by atoms with van der Waals surface area (Å²) < 4.78 is 7.47. The predicted octanol–water partition coefficient (Wildman–Crippen LogP) is 5.24. The minimum absolute atomic E-state index is 0.119. The van der Waals surface area contributed by atoms with Crippen LogP contribution in [0.4, 0.5) is 5.69 Å². The van der Waals surface area contributed by atoms with Crippen molar-refractivity contribution in [1.29, 1.82) is 0 Å². The molecule has 0 aliphatic carbocycles. The molecule has 0 spiro atoms. The van der Waals surface area contributed by atoms with E-state index in [1.54, 1.807) is 11.7 Å². The Labute approximate surface area is 154 Å². The van der Waals surface area contributed by atoms with Gasteiger partial charge in [0.2, 0.25) is 5.88 Å². The zero-order chi connectivity index (χ0) is 17.4. The van der Waals surface area contributed by atoms with Gasteiger partial charge in [0.1, 0.15) is 5.75 Å². The van der Waals surface area contributed by atoms with E-state index in [9.17, 15) is 5.11 Å². The lowest BCUT2D eigenvalue weighted by Gasteiger charge is -2.07. The summed E-state index contributed by atoms with van der Waals surface area (Å²) in [6.07, 6.45) is 3.73. The molecule has 4 rings (SSSR count). The normalized spacial score (nSPS) is 14.0. The van der Waals surface area contributed by atoms with Crippen molar-refractivity contribution in [2.45, 2.75) is 0 Å². The number of aromatic hydroxyl groups is 1. The number of hydrogen-bond donors (Lipinski definition) is 1. The highest BCUT2D eigenvalue weighted by molar-refractivity contribution is 7.73. The molecule has 3 aromatic rings. The number of fused-ring (bicyclic) bond motifs is 1. The van der Waals surface area contributed by atoms with Gasteiger partial charge in [-0.25, -0.2) is 0 Å². The first-order chi connectivity index (χ1) is 12.2. The monoisotopic (exact) mass is 366 g/mol. The van der Waals surface area contributed by atoms with E-state index in [0.717, 1.165) is 22.5 Å². The molecule has 1 aliphatic rings. The second kappa shape index (κ2) is 6.31. The van der Waals surface area contributed by atoms with Gasteiger partial charge in [-0.15, -0.1) is 11.3 Å².